The predicted molar refractivity (Wildman–Crippen MR) is 428 cm³/mol. The van der Waals surface area contributed by atoms with Crippen molar-refractivity contribution in [3.63, 3.8) is 0 Å². The van der Waals surface area contributed by atoms with Crippen molar-refractivity contribution in [2.24, 2.45) is 0 Å². The number of carbonyl (C=O) groups excluding carboxylic acids is 4. The zero-order valence-corrected chi connectivity index (χ0v) is 69.8. The van der Waals surface area contributed by atoms with Gasteiger partial charge in [-0.1, -0.05) is 413 Å². The Bertz CT molecular complexity index is 1960. The fourth-order valence-electron chi connectivity index (χ4n) is 13.3. The number of phosphoric acid groups is 2. The third-order valence-electron chi connectivity index (χ3n) is 20.1. The van der Waals surface area contributed by atoms with Gasteiger partial charge in [0.25, 0.3) is 0 Å². The molecule has 2 unspecified atom stereocenters. The molecule has 5 atom stereocenters. The van der Waals surface area contributed by atoms with E-state index in [9.17, 15) is 43.2 Å². The molecule has 0 saturated carbocycles. The van der Waals surface area contributed by atoms with Gasteiger partial charge in [-0.25, -0.2) is 9.13 Å². The Balaban J connectivity index is 5.22. The highest BCUT2D eigenvalue weighted by molar-refractivity contribution is 7.47. The van der Waals surface area contributed by atoms with E-state index < -0.39 is 97.5 Å². The number of ether oxygens (including phenoxy) is 4. The number of aliphatic hydroxyl groups is 1. The molecule has 0 heterocycles. The van der Waals surface area contributed by atoms with Gasteiger partial charge in [0.15, 0.2) is 12.2 Å². The minimum Gasteiger partial charge on any atom is -0.462 e. The van der Waals surface area contributed by atoms with Crippen molar-refractivity contribution in [3.05, 3.63) is 0 Å². The van der Waals surface area contributed by atoms with Gasteiger partial charge in [-0.2, -0.15) is 0 Å². The first kappa shape index (κ1) is 102. The second-order valence-electron chi connectivity index (χ2n) is 30.6. The monoisotopic (exact) mass is 1520 g/mol. The van der Waals surface area contributed by atoms with Crippen LogP contribution in [0.15, 0.2) is 0 Å². The molecule has 19 heteroatoms. The number of esters is 4. The van der Waals surface area contributed by atoms with Gasteiger partial charge in [0.2, 0.25) is 0 Å². The molecule has 0 bridgehead atoms. The molecule has 618 valence electrons. The van der Waals surface area contributed by atoms with Crippen LogP contribution in [0, 0.1) is 0 Å². The zero-order chi connectivity index (χ0) is 76.0. The van der Waals surface area contributed by atoms with Gasteiger partial charge in [-0.3, -0.25) is 37.3 Å². The zero-order valence-electron chi connectivity index (χ0n) is 68.0. The van der Waals surface area contributed by atoms with Gasteiger partial charge < -0.3 is 33.8 Å². The Morgan fingerprint density at radius 3 is 0.567 bits per heavy atom. The van der Waals surface area contributed by atoms with Crippen molar-refractivity contribution < 1.29 is 80.2 Å². The van der Waals surface area contributed by atoms with E-state index in [2.05, 4.69) is 27.7 Å². The minimum atomic E-state index is -4.96. The predicted octanol–water partition coefficient (Wildman–Crippen LogP) is 26.1. The molecular formula is C85H166O17P2. The van der Waals surface area contributed by atoms with Crippen LogP contribution in [0.5, 0.6) is 0 Å². The molecule has 0 aliphatic heterocycles. The second kappa shape index (κ2) is 79.2. The van der Waals surface area contributed by atoms with Crippen LogP contribution >= 0.6 is 15.6 Å². The molecule has 0 aliphatic carbocycles. The number of carbonyl (C=O) groups is 4. The molecule has 0 amide bonds. The summed E-state index contributed by atoms with van der Waals surface area (Å²) in [6.45, 7) is 5.05. The number of hydrogen-bond donors (Lipinski definition) is 3. The topological polar surface area (TPSA) is 237 Å². The average molecular weight is 1520 g/mol. The molecular weight excluding hydrogens is 1350 g/mol. The Morgan fingerprint density at radius 2 is 0.385 bits per heavy atom. The molecule has 0 aromatic carbocycles. The maximum absolute atomic E-state index is 13.1. The lowest BCUT2D eigenvalue weighted by atomic mass is 10.0. The van der Waals surface area contributed by atoms with E-state index in [1.54, 1.807) is 0 Å². The standard InChI is InChI=1S/C85H166O17P2/c1-5-9-13-17-21-25-29-32-34-36-38-40-42-44-47-50-54-58-62-66-70-83(88)96-76-81(102-85(90)72-68-64-60-56-52-48-45-43-41-39-37-35-33-30-26-22-18-14-10-6-2)78-100-104(93,94)98-74-79(86)73-97-103(91,92)99-77-80(75-95-82(87)69-65-61-57-53-49-28-24-20-16-12-8-4)101-84(89)71-67-63-59-55-51-46-31-27-23-19-15-11-7-3/h79-81,86H,5-78H2,1-4H3,(H,91,92)(H,93,94)/t79-,80+,81+/m0/s1. The maximum Gasteiger partial charge on any atom is 0.472 e. The molecule has 0 rings (SSSR count). The number of hydrogen-bond acceptors (Lipinski definition) is 15. The van der Waals surface area contributed by atoms with Crippen molar-refractivity contribution in [1.82, 2.24) is 0 Å². The summed E-state index contributed by atoms with van der Waals surface area (Å²) in [7, 11) is -9.92. The lowest BCUT2D eigenvalue weighted by molar-refractivity contribution is -0.161. The van der Waals surface area contributed by atoms with E-state index in [0.29, 0.717) is 25.7 Å². The van der Waals surface area contributed by atoms with E-state index in [1.165, 1.54) is 295 Å². The molecule has 0 fully saturated rings. The summed E-state index contributed by atoms with van der Waals surface area (Å²) < 4.78 is 68.8. The summed E-state index contributed by atoms with van der Waals surface area (Å²) in [6, 6.07) is 0. The van der Waals surface area contributed by atoms with Crippen LogP contribution in [0.1, 0.15) is 464 Å². The van der Waals surface area contributed by atoms with E-state index in [-0.39, 0.29) is 25.7 Å². The highest BCUT2D eigenvalue weighted by Gasteiger charge is 2.30. The van der Waals surface area contributed by atoms with Gasteiger partial charge in [-0.15, -0.1) is 0 Å². The smallest absolute Gasteiger partial charge is 0.462 e. The van der Waals surface area contributed by atoms with Gasteiger partial charge in [-0.05, 0) is 25.7 Å². The first-order chi connectivity index (χ1) is 50.7. The fourth-order valence-corrected chi connectivity index (χ4v) is 14.9. The summed E-state index contributed by atoms with van der Waals surface area (Å²) in [5.74, 6) is -2.10. The van der Waals surface area contributed by atoms with Gasteiger partial charge >= 0.3 is 39.5 Å². The van der Waals surface area contributed by atoms with Crippen molar-refractivity contribution >= 4 is 39.5 Å². The molecule has 0 saturated heterocycles. The lowest BCUT2D eigenvalue weighted by Crippen LogP contribution is -2.30. The third-order valence-corrected chi connectivity index (χ3v) is 22.0. The average Bonchev–Trinajstić information content (AvgIpc) is 0.927. The first-order valence-corrected chi connectivity index (χ1v) is 47.3. The van der Waals surface area contributed by atoms with Crippen molar-refractivity contribution in [3.8, 4) is 0 Å². The number of aliphatic hydroxyl groups excluding tert-OH is 1. The van der Waals surface area contributed by atoms with Crippen LogP contribution in [0.3, 0.4) is 0 Å². The third kappa shape index (κ3) is 78.2. The van der Waals surface area contributed by atoms with Gasteiger partial charge in [0.05, 0.1) is 26.4 Å². The molecule has 0 spiro atoms. The molecule has 0 aromatic heterocycles. The van der Waals surface area contributed by atoms with Crippen LogP contribution < -0.4 is 0 Å². The maximum atomic E-state index is 13.1. The Morgan fingerprint density at radius 1 is 0.231 bits per heavy atom. The number of phosphoric ester groups is 2. The number of unbranched alkanes of at least 4 members (excludes halogenated alkanes) is 60. The van der Waals surface area contributed by atoms with E-state index in [1.807, 2.05) is 0 Å². The van der Waals surface area contributed by atoms with Gasteiger partial charge in [0.1, 0.15) is 19.3 Å². The second-order valence-corrected chi connectivity index (χ2v) is 33.5. The first-order valence-electron chi connectivity index (χ1n) is 44.3. The highest BCUT2D eigenvalue weighted by atomic mass is 31.2. The van der Waals surface area contributed by atoms with Crippen LogP contribution in [-0.2, 0) is 65.4 Å². The summed E-state index contributed by atoms with van der Waals surface area (Å²) in [6.07, 6.45) is 73.6. The van der Waals surface area contributed by atoms with Crippen LogP contribution in [0.2, 0.25) is 0 Å². The Labute approximate surface area is 638 Å². The van der Waals surface area contributed by atoms with E-state index in [4.69, 9.17) is 37.0 Å². The normalized spacial score (nSPS) is 13.7. The van der Waals surface area contributed by atoms with Crippen LogP contribution in [0.4, 0.5) is 0 Å². The Kier molecular flexibility index (Phi) is 77.7. The van der Waals surface area contributed by atoms with Crippen molar-refractivity contribution in [1.29, 1.82) is 0 Å². The SMILES string of the molecule is CCCCCCCCCCCCCCCCCCCCCCC(=O)OC[C@H](COP(=O)(O)OC[C@@H](O)COP(=O)(O)OC[C@@H](COC(=O)CCCCCCCCCCCCC)OC(=O)CCCCCCCCCCCCCCC)OC(=O)CCCCCCCCCCCCCCCCCCCCCC. The highest BCUT2D eigenvalue weighted by Crippen LogP contribution is 2.45. The molecule has 104 heavy (non-hydrogen) atoms. The van der Waals surface area contributed by atoms with E-state index in [0.717, 1.165) is 89.9 Å². The lowest BCUT2D eigenvalue weighted by Gasteiger charge is -2.21. The number of rotatable bonds is 86. The summed E-state index contributed by atoms with van der Waals surface area (Å²) >= 11 is 0. The van der Waals surface area contributed by atoms with Crippen LogP contribution in [-0.4, -0.2) is 96.7 Å². The fraction of sp³-hybridized carbons (Fsp3) is 0.953. The molecule has 0 aliphatic rings. The van der Waals surface area contributed by atoms with Crippen LogP contribution in [0.25, 0.3) is 0 Å². The molecule has 17 nitrogen and oxygen atoms in total. The summed E-state index contributed by atoms with van der Waals surface area (Å²) in [5.41, 5.74) is 0. The molecule has 0 aromatic rings. The molecule has 3 N–H and O–H groups in total. The van der Waals surface area contributed by atoms with Gasteiger partial charge in [0, 0.05) is 25.7 Å². The van der Waals surface area contributed by atoms with E-state index >= 15 is 0 Å². The minimum absolute atomic E-state index is 0.109. The summed E-state index contributed by atoms with van der Waals surface area (Å²) in [5, 5.41) is 10.7. The largest absolute Gasteiger partial charge is 0.472 e. The van der Waals surface area contributed by atoms with Crippen molar-refractivity contribution in [2.45, 2.75) is 483 Å². The molecule has 0 radical (unpaired) electrons. The summed E-state index contributed by atoms with van der Waals surface area (Å²) in [4.78, 5) is 73.2. The quantitative estimate of drug-likeness (QED) is 0.0222. The Hall–Kier alpha value is -1.94. The van der Waals surface area contributed by atoms with Crippen molar-refractivity contribution in [2.75, 3.05) is 39.6 Å².